The van der Waals surface area contributed by atoms with E-state index in [4.69, 9.17) is 4.11 Å². The van der Waals surface area contributed by atoms with Crippen molar-refractivity contribution in [2.45, 2.75) is 0 Å². The Hall–Kier alpha value is -5.20. The Bertz CT molecular complexity index is 2380. The van der Waals surface area contributed by atoms with E-state index in [1.807, 2.05) is 66.7 Å². The smallest absolute Gasteiger partial charge is 0.0616 e. The van der Waals surface area contributed by atoms with Crippen LogP contribution in [-0.2, 0) is 0 Å². The Morgan fingerprint density at radius 3 is 1.52 bits per heavy atom. The summed E-state index contributed by atoms with van der Waals surface area (Å²) in [5, 5.41) is 8.39. The van der Waals surface area contributed by atoms with Crippen molar-refractivity contribution in [1.82, 2.24) is 0 Å². The molecule has 0 bridgehead atoms. The normalized spacial score (nSPS) is 12.9. The fraction of sp³-hybridized carbons (Fsp3) is 0. The first-order valence-electron chi connectivity index (χ1n) is 15.5. The number of fused-ring (bicyclic) bond motifs is 4. The third kappa shape index (κ3) is 3.54. The van der Waals surface area contributed by atoms with Gasteiger partial charge in [0.1, 0.15) is 0 Å². The SMILES string of the molecule is [2H]c1c([2H])c([2H])c(-c2c3ccccc3c(-c3cccc4ccccc34)c3ccccc23)c(-c2ccc3ccccc3c2)c1[2H]. The van der Waals surface area contributed by atoms with E-state index in [0.717, 1.165) is 65.3 Å². The number of hydrogen-bond acceptors (Lipinski definition) is 0. The maximum absolute atomic E-state index is 9.31. The van der Waals surface area contributed by atoms with E-state index in [1.165, 1.54) is 0 Å². The van der Waals surface area contributed by atoms with Gasteiger partial charge in [-0.1, -0.05) is 152 Å². The molecular formula is C40H26. The molecule has 0 nitrogen and oxygen atoms in total. The van der Waals surface area contributed by atoms with Gasteiger partial charge in [-0.15, -0.1) is 0 Å². The molecule has 0 fully saturated rings. The molecule has 0 heteroatoms. The first kappa shape index (κ1) is 19.0. The zero-order chi connectivity index (χ0) is 29.9. The summed E-state index contributed by atoms with van der Waals surface area (Å²) < 4.78 is 35.9. The van der Waals surface area contributed by atoms with Crippen molar-refractivity contribution in [2.75, 3.05) is 0 Å². The summed E-state index contributed by atoms with van der Waals surface area (Å²) in [6.07, 6.45) is 0. The highest BCUT2D eigenvalue weighted by atomic mass is 14.2. The van der Waals surface area contributed by atoms with Gasteiger partial charge in [-0.25, -0.2) is 0 Å². The van der Waals surface area contributed by atoms with E-state index < -0.39 is 0 Å². The minimum absolute atomic E-state index is 0.0393. The standard InChI is InChI=1S/C40H26/c1-2-14-29-26-30(25-24-27(29)12-1)32-17-5-6-18-33(32)39-35-19-7-9-21-37(35)40(38-22-10-8-20-36(38)39)34-23-11-15-28-13-3-4-16-31(28)34/h1-26H/i5D,6D,17D,18D. The first-order valence-corrected chi connectivity index (χ1v) is 13.5. The van der Waals surface area contributed by atoms with Gasteiger partial charge in [0.05, 0.1) is 5.48 Å². The maximum Gasteiger partial charge on any atom is 0.0629 e. The van der Waals surface area contributed by atoms with Crippen molar-refractivity contribution in [2.24, 2.45) is 0 Å². The largest absolute Gasteiger partial charge is 0.0629 e. The van der Waals surface area contributed by atoms with Crippen LogP contribution in [0.25, 0.3) is 76.5 Å². The van der Waals surface area contributed by atoms with Crippen LogP contribution >= 0.6 is 0 Å². The third-order valence-corrected chi connectivity index (χ3v) is 7.97. The molecule has 0 amide bonds. The van der Waals surface area contributed by atoms with Crippen LogP contribution in [0.2, 0.25) is 0 Å². The average Bonchev–Trinajstić information content (AvgIpc) is 3.07. The van der Waals surface area contributed by atoms with Gasteiger partial charge in [-0.3, -0.25) is 0 Å². The monoisotopic (exact) mass is 510 g/mol. The fourth-order valence-corrected chi connectivity index (χ4v) is 6.19. The molecule has 0 aliphatic rings. The summed E-state index contributed by atoms with van der Waals surface area (Å²) >= 11 is 0. The van der Waals surface area contributed by atoms with Gasteiger partial charge in [0, 0.05) is 0 Å². The van der Waals surface area contributed by atoms with Crippen LogP contribution in [-0.4, -0.2) is 0 Å². The van der Waals surface area contributed by atoms with Gasteiger partial charge in [-0.05, 0) is 82.5 Å². The van der Waals surface area contributed by atoms with Crippen LogP contribution in [0.15, 0.2) is 158 Å². The second kappa shape index (κ2) is 9.22. The molecule has 0 saturated carbocycles. The van der Waals surface area contributed by atoms with Gasteiger partial charge in [0.15, 0.2) is 0 Å². The molecule has 40 heavy (non-hydrogen) atoms. The Balaban J connectivity index is 1.56. The molecule has 8 rings (SSSR count). The molecule has 0 aromatic heterocycles. The number of hydrogen-bond donors (Lipinski definition) is 0. The lowest BCUT2D eigenvalue weighted by Gasteiger charge is -2.20. The zero-order valence-corrected chi connectivity index (χ0v) is 21.7. The van der Waals surface area contributed by atoms with Crippen LogP contribution < -0.4 is 0 Å². The summed E-state index contributed by atoms with van der Waals surface area (Å²) in [5.74, 6) is 0. The summed E-state index contributed by atoms with van der Waals surface area (Å²) in [6.45, 7) is 0. The molecule has 0 heterocycles. The zero-order valence-electron chi connectivity index (χ0n) is 25.7. The van der Waals surface area contributed by atoms with Gasteiger partial charge in [0.25, 0.3) is 0 Å². The maximum atomic E-state index is 9.31. The molecule has 186 valence electrons. The topological polar surface area (TPSA) is 0 Å². The molecule has 0 spiro atoms. The minimum Gasteiger partial charge on any atom is -0.0616 e. The molecule has 0 atom stereocenters. The summed E-state index contributed by atoms with van der Waals surface area (Å²) in [5.41, 5.74) is 4.85. The summed E-state index contributed by atoms with van der Waals surface area (Å²) in [6, 6.07) is 44.9. The molecule has 0 unspecified atom stereocenters. The van der Waals surface area contributed by atoms with Crippen molar-refractivity contribution in [1.29, 1.82) is 0 Å². The van der Waals surface area contributed by atoms with Crippen LogP contribution in [0.1, 0.15) is 5.48 Å². The molecule has 0 N–H and O–H groups in total. The summed E-state index contributed by atoms with van der Waals surface area (Å²) in [7, 11) is 0. The Labute approximate surface area is 239 Å². The van der Waals surface area contributed by atoms with E-state index in [9.17, 15) is 1.37 Å². The minimum atomic E-state index is -0.235. The van der Waals surface area contributed by atoms with Gasteiger partial charge < -0.3 is 0 Å². The lowest BCUT2D eigenvalue weighted by molar-refractivity contribution is 1.62. The van der Waals surface area contributed by atoms with Crippen molar-refractivity contribution in [3.05, 3.63) is 158 Å². The third-order valence-electron chi connectivity index (χ3n) is 7.97. The molecule has 8 aromatic carbocycles. The van der Waals surface area contributed by atoms with Crippen LogP contribution in [0.4, 0.5) is 0 Å². The van der Waals surface area contributed by atoms with Gasteiger partial charge in [0.2, 0.25) is 0 Å². The predicted octanol–water partition coefficient (Wildman–Crippen LogP) is 11.3. The number of benzene rings is 8. The van der Waals surface area contributed by atoms with Crippen molar-refractivity contribution < 1.29 is 5.48 Å². The van der Waals surface area contributed by atoms with Gasteiger partial charge >= 0.3 is 0 Å². The average molecular weight is 511 g/mol. The second-order valence-corrected chi connectivity index (χ2v) is 10.2. The van der Waals surface area contributed by atoms with Crippen LogP contribution in [0.3, 0.4) is 0 Å². The fourth-order valence-electron chi connectivity index (χ4n) is 6.19. The molecule has 0 aliphatic heterocycles. The van der Waals surface area contributed by atoms with E-state index in [2.05, 4.69) is 66.7 Å². The molecular weight excluding hydrogens is 480 g/mol. The van der Waals surface area contributed by atoms with Crippen molar-refractivity contribution >= 4 is 43.1 Å². The first-order chi connectivity index (χ1) is 21.5. The second-order valence-electron chi connectivity index (χ2n) is 10.2. The van der Waals surface area contributed by atoms with E-state index in [-0.39, 0.29) is 24.2 Å². The molecule has 0 radical (unpaired) electrons. The van der Waals surface area contributed by atoms with Crippen LogP contribution in [0.5, 0.6) is 0 Å². The van der Waals surface area contributed by atoms with Crippen LogP contribution in [0, 0.1) is 0 Å². The van der Waals surface area contributed by atoms with E-state index in [1.54, 1.807) is 0 Å². The molecule has 0 saturated heterocycles. The predicted molar refractivity (Wildman–Crippen MR) is 173 cm³/mol. The summed E-state index contributed by atoms with van der Waals surface area (Å²) in [4.78, 5) is 0. The Kier molecular flexibility index (Phi) is 4.37. The molecule has 8 aromatic rings. The van der Waals surface area contributed by atoms with E-state index in [0.29, 0.717) is 11.1 Å². The van der Waals surface area contributed by atoms with Gasteiger partial charge in [-0.2, -0.15) is 0 Å². The highest BCUT2D eigenvalue weighted by Gasteiger charge is 2.19. The highest BCUT2D eigenvalue weighted by Crippen LogP contribution is 2.47. The Morgan fingerprint density at radius 2 is 0.850 bits per heavy atom. The number of rotatable bonds is 3. The Morgan fingerprint density at radius 1 is 0.350 bits per heavy atom. The quantitative estimate of drug-likeness (QED) is 0.207. The lowest BCUT2D eigenvalue weighted by atomic mass is 9.83. The van der Waals surface area contributed by atoms with Crippen molar-refractivity contribution in [3.8, 4) is 33.4 Å². The van der Waals surface area contributed by atoms with Crippen molar-refractivity contribution in [3.63, 3.8) is 0 Å². The lowest BCUT2D eigenvalue weighted by Crippen LogP contribution is -1.93. The highest BCUT2D eigenvalue weighted by molar-refractivity contribution is 6.24. The van der Waals surface area contributed by atoms with E-state index >= 15 is 0 Å². The molecule has 0 aliphatic carbocycles.